The molecule has 1 heterocycles. The lowest BCUT2D eigenvalue weighted by Gasteiger charge is -2.22. The molecule has 1 saturated heterocycles. The van der Waals surface area contributed by atoms with Crippen LogP contribution in [-0.2, 0) is 14.8 Å². The quantitative estimate of drug-likeness (QED) is 0.862. The summed E-state index contributed by atoms with van der Waals surface area (Å²) >= 11 is 0. The van der Waals surface area contributed by atoms with Crippen LogP contribution >= 0.6 is 0 Å². The molecule has 1 aromatic carbocycles. The first-order chi connectivity index (χ1) is 11.1. The number of hydrogen-bond acceptors (Lipinski definition) is 5. The fourth-order valence-electron chi connectivity index (χ4n) is 2.58. The van der Waals surface area contributed by atoms with Crippen LogP contribution in [0.1, 0.15) is 33.6 Å². The van der Waals surface area contributed by atoms with Crippen molar-refractivity contribution in [1.82, 2.24) is 4.31 Å². The summed E-state index contributed by atoms with van der Waals surface area (Å²) in [6.45, 7) is 5.50. The molecule has 1 aliphatic heterocycles. The molecule has 7 nitrogen and oxygen atoms in total. The normalized spacial score (nSPS) is 19.2. The van der Waals surface area contributed by atoms with Crippen molar-refractivity contribution in [3.05, 3.63) is 24.3 Å². The van der Waals surface area contributed by atoms with Crippen LogP contribution in [0.15, 0.2) is 29.2 Å². The third-order valence-electron chi connectivity index (χ3n) is 3.64. The molecular formula is C16H24N2O5S. The van der Waals surface area contributed by atoms with Crippen LogP contribution in [0.4, 0.5) is 10.5 Å². The zero-order chi connectivity index (χ0) is 18.0. The van der Waals surface area contributed by atoms with E-state index in [0.29, 0.717) is 18.7 Å². The maximum atomic E-state index is 12.6. The maximum absolute atomic E-state index is 12.6. The van der Waals surface area contributed by atoms with Gasteiger partial charge in [-0.3, -0.25) is 5.32 Å². The van der Waals surface area contributed by atoms with Gasteiger partial charge in [0.05, 0.1) is 11.5 Å². The zero-order valence-corrected chi connectivity index (χ0v) is 15.0. The molecule has 1 unspecified atom stereocenters. The number of carbonyl (C=O) groups excluding carboxylic acids is 1. The van der Waals surface area contributed by atoms with Gasteiger partial charge in [-0.2, -0.15) is 4.31 Å². The summed E-state index contributed by atoms with van der Waals surface area (Å²) < 4.78 is 31.7. The van der Waals surface area contributed by atoms with E-state index in [1.165, 1.54) is 28.6 Å². The highest BCUT2D eigenvalue weighted by atomic mass is 32.2. The summed E-state index contributed by atoms with van der Waals surface area (Å²) in [5, 5.41) is 11.9. The molecule has 24 heavy (non-hydrogen) atoms. The molecule has 0 radical (unpaired) electrons. The summed E-state index contributed by atoms with van der Waals surface area (Å²) in [6.07, 6.45) is 0.800. The zero-order valence-electron chi connectivity index (χ0n) is 14.2. The molecule has 134 valence electrons. The predicted molar refractivity (Wildman–Crippen MR) is 90.3 cm³/mol. The van der Waals surface area contributed by atoms with Crippen molar-refractivity contribution in [1.29, 1.82) is 0 Å². The Balaban J connectivity index is 2.10. The van der Waals surface area contributed by atoms with Gasteiger partial charge in [0.2, 0.25) is 10.0 Å². The van der Waals surface area contributed by atoms with Gasteiger partial charge in [0.1, 0.15) is 5.60 Å². The number of carbonyl (C=O) groups is 1. The first kappa shape index (κ1) is 18.7. The van der Waals surface area contributed by atoms with Crippen LogP contribution in [0.5, 0.6) is 0 Å². The minimum atomic E-state index is -3.64. The molecule has 2 N–H and O–H groups in total. The number of amides is 1. The fourth-order valence-corrected chi connectivity index (χ4v) is 4.26. The van der Waals surface area contributed by atoms with Gasteiger partial charge >= 0.3 is 6.09 Å². The second kappa shape index (κ2) is 7.08. The Bertz CT molecular complexity index is 679. The Kier molecular flexibility index (Phi) is 5.52. The molecule has 0 saturated carbocycles. The van der Waals surface area contributed by atoms with Crippen molar-refractivity contribution < 1.29 is 23.1 Å². The van der Waals surface area contributed by atoms with E-state index >= 15 is 0 Å². The van der Waals surface area contributed by atoms with Crippen LogP contribution in [0.2, 0.25) is 0 Å². The Morgan fingerprint density at radius 3 is 2.50 bits per heavy atom. The molecule has 1 atom stereocenters. The molecule has 0 aromatic heterocycles. The van der Waals surface area contributed by atoms with E-state index in [-0.39, 0.29) is 17.5 Å². The van der Waals surface area contributed by atoms with Crippen LogP contribution in [0.3, 0.4) is 0 Å². The van der Waals surface area contributed by atoms with Crippen molar-refractivity contribution in [2.24, 2.45) is 0 Å². The number of hydrogen-bond donors (Lipinski definition) is 2. The van der Waals surface area contributed by atoms with E-state index in [4.69, 9.17) is 4.74 Å². The highest BCUT2D eigenvalue weighted by Gasteiger charge is 2.34. The highest BCUT2D eigenvalue weighted by Crippen LogP contribution is 2.26. The number of rotatable bonds is 4. The number of aliphatic hydroxyl groups is 1. The van der Waals surface area contributed by atoms with Crippen LogP contribution in [0, 0.1) is 0 Å². The fraction of sp³-hybridized carbons (Fsp3) is 0.562. The van der Waals surface area contributed by atoms with Gasteiger partial charge < -0.3 is 9.84 Å². The number of nitrogens with one attached hydrogen (secondary N) is 1. The lowest BCUT2D eigenvalue weighted by atomic mass is 10.2. The minimum absolute atomic E-state index is 0.137. The SMILES string of the molecule is CC(C)(C)OC(=O)Nc1ccc(S(=O)(=O)N2CCCC2CO)cc1. The average molecular weight is 356 g/mol. The Morgan fingerprint density at radius 2 is 1.96 bits per heavy atom. The molecule has 0 aliphatic carbocycles. The van der Waals surface area contributed by atoms with Crippen molar-refractivity contribution >= 4 is 21.8 Å². The predicted octanol–water partition coefficient (Wildman–Crippen LogP) is 2.18. The Hall–Kier alpha value is -1.64. The maximum Gasteiger partial charge on any atom is 0.412 e. The molecule has 0 spiro atoms. The molecule has 1 aliphatic rings. The van der Waals surface area contributed by atoms with E-state index in [1.807, 2.05) is 0 Å². The second-order valence-corrected chi connectivity index (χ2v) is 8.64. The standard InChI is InChI=1S/C16H24N2O5S/c1-16(2,3)23-15(20)17-12-6-8-14(9-7-12)24(21,22)18-10-4-5-13(18)11-19/h6-9,13,19H,4-5,10-11H2,1-3H3,(H,17,20). The number of benzene rings is 1. The topological polar surface area (TPSA) is 95.9 Å². The van der Waals surface area contributed by atoms with Crippen molar-refractivity contribution in [2.45, 2.75) is 50.2 Å². The van der Waals surface area contributed by atoms with E-state index in [2.05, 4.69) is 5.32 Å². The largest absolute Gasteiger partial charge is 0.444 e. The van der Waals surface area contributed by atoms with Gasteiger partial charge in [-0.05, 0) is 57.9 Å². The molecule has 8 heteroatoms. The van der Waals surface area contributed by atoms with Gasteiger partial charge in [0.15, 0.2) is 0 Å². The summed E-state index contributed by atoms with van der Waals surface area (Å²) in [5.41, 5.74) is -0.161. The summed E-state index contributed by atoms with van der Waals surface area (Å²) in [5.74, 6) is 0. The Labute approximate surface area is 142 Å². The lowest BCUT2D eigenvalue weighted by Crippen LogP contribution is -2.37. The van der Waals surface area contributed by atoms with Gasteiger partial charge in [-0.25, -0.2) is 13.2 Å². The van der Waals surface area contributed by atoms with Gasteiger partial charge in [-0.1, -0.05) is 0 Å². The third kappa shape index (κ3) is 4.46. The van der Waals surface area contributed by atoms with Gasteiger partial charge in [0, 0.05) is 18.3 Å². The summed E-state index contributed by atoms with van der Waals surface area (Å²) in [7, 11) is -3.64. The van der Waals surface area contributed by atoms with Crippen LogP contribution in [0.25, 0.3) is 0 Å². The monoisotopic (exact) mass is 356 g/mol. The number of sulfonamides is 1. The number of nitrogens with zero attached hydrogens (tertiary/aromatic N) is 1. The molecule has 2 rings (SSSR count). The van der Waals surface area contributed by atoms with Gasteiger partial charge in [-0.15, -0.1) is 0 Å². The van der Waals surface area contributed by atoms with E-state index in [0.717, 1.165) is 6.42 Å². The van der Waals surface area contributed by atoms with E-state index in [9.17, 15) is 18.3 Å². The van der Waals surface area contributed by atoms with Crippen molar-refractivity contribution in [3.8, 4) is 0 Å². The van der Waals surface area contributed by atoms with Crippen LogP contribution < -0.4 is 5.32 Å². The molecule has 1 amide bonds. The molecule has 1 aromatic rings. The smallest absolute Gasteiger partial charge is 0.412 e. The van der Waals surface area contributed by atoms with E-state index < -0.39 is 21.7 Å². The second-order valence-electron chi connectivity index (χ2n) is 6.75. The van der Waals surface area contributed by atoms with Crippen molar-refractivity contribution in [2.75, 3.05) is 18.5 Å². The molecule has 0 bridgehead atoms. The number of aliphatic hydroxyl groups excluding tert-OH is 1. The average Bonchev–Trinajstić information content (AvgIpc) is 2.95. The first-order valence-corrected chi connectivity index (χ1v) is 9.30. The molecule has 1 fully saturated rings. The highest BCUT2D eigenvalue weighted by molar-refractivity contribution is 7.89. The summed E-state index contributed by atoms with van der Waals surface area (Å²) in [4.78, 5) is 11.8. The first-order valence-electron chi connectivity index (χ1n) is 7.86. The van der Waals surface area contributed by atoms with Crippen molar-refractivity contribution in [3.63, 3.8) is 0 Å². The minimum Gasteiger partial charge on any atom is -0.444 e. The van der Waals surface area contributed by atoms with E-state index in [1.54, 1.807) is 20.8 Å². The molecular weight excluding hydrogens is 332 g/mol. The van der Waals surface area contributed by atoms with Gasteiger partial charge in [0.25, 0.3) is 0 Å². The number of anilines is 1. The Morgan fingerprint density at radius 1 is 1.33 bits per heavy atom. The lowest BCUT2D eigenvalue weighted by molar-refractivity contribution is 0.0636. The number of ether oxygens (including phenoxy) is 1. The van der Waals surface area contributed by atoms with Crippen LogP contribution in [-0.4, -0.2) is 48.7 Å². The summed E-state index contributed by atoms with van der Waals surface area (Å²) in [6, 6.07) is 5.54. The third-order valence-corrected chi connectivity index (χ3v) is 5.61.